The molecule has 1 aliphatic heterocycles. The highest BCUT2D eigenvalue weighted by molar-refractivity contribution is 7.19. The first-order valence-corrected chi connectivity index (χ1v) is 7.46. The van der Waals surface area contributed by atoms with E-state index in [1.165, 1.54) is 10.1 Å². The molecular formula is C15H14FN3S. The van der Waals surface area contributed by atoms with E-state index in [4.69, 9.17) is 5.73 Å². The Morgan fingerprint density at radius 2 is 2.25 bits per heavy atom. The van der Waals surface area contributed by atoms with Crippen LogP contribution in [0.25, 0.3) is 10.1 Å². The molecule has 3 heterocycles. The van der Waals surface area contributed by atoms with Gasteiger partial charge in [-0.3, -0.25) is 0 Å². The lowest BCUT2D eigenvalue weighted by atomic mass is 10.1. The van der Waals surface area contributed by atoms with Gasteiger partial charge in [0, 0.05) is 21.7 Å². The Morgan fingerprint density at radius 1 is 1.40 bits per heavy atom. The average molecular weight is 287 g/mol. The summed E-state index contributed by atoms with van der Waals surface area (Å²) in [5.41, 5.74) is 8.12. The number of alkyl halides is 1. The first-order chi connectivity index (χ1) is 9.72. The number of hydrogen-bond donors (Lipinski definition) is 1. The van der Waals surface area contributed by atoms with Crippen LogP contribution in [0.1, 0.15) is 22.3 Å². The second kappa shape index (κ2) is 4.40. The van der Waals surface area contributed by atoms with Crippen molar-refractivity contribution >= 4 is 21.4 Å². The first kappa shape index (κ1) is 12.1. The number of rotatable bonds is 2. The van der Waals surface area contributed by atoms with Crippen molar-refractivity contribution in [3.63, 3.8) is 0 Å². The minimum Gasteiger partial charge on any atom is -0.331 e. The van der Waals surface area contributed by atoms with Crippen molar-refractivity contribution in [2.75, 3.05) is 0 Å². The Labute approximate surface area is 119 Å². The van der Waals surface area contributed by atoms with Gasteiger partial charge in [0.25, 0.3) is 0 Å². The third-order valence-corrected chi connectivity index (χ3v) is 5.03. The molecule has 0 amide bonds. The Kier molecular flexibility index (Phi) is 2.65. The normalized spacial score (nSPS) is 19.4. The molecule has 1 aromatic carbocycles. The van der Waals surface area contributed by atoms with Gasteiger partial charge in [-0.2, -0.15) is 0 Å². The Balaban J connectivity index is 1.75. The van der Waals surface area contributed by atoms with E-state index in [9.17, 15) is 4.39 Å². The molecule has 0 spiro atoms. The van der Waals surface area contributed by atoms with Gasteiger partial charge in [0.05, 0.1) is 24.6 Å². The van der Waals surface area contributed by atoms with Crippen LogP contribution >= 0.6 is 11.3 Å². The van der Waals surface area contributed by atoms with Gasteiger partial charge in [-0.25, -0.2) is 9.37 Å². The molecule has 2 atom stereocenters. The maximum atomic E-state index is 13.5. The second-order valence-electron chi connectivity index (χ2n) is 5.19. The molecular weight excluding hydrogens is 273 g/mol. The zero-order chi connectivity index (χ0) is 13.7. The second-order valence-corrected chi connectivity index (χ2v) is 6.31. The van der Waals surface area contributed by atoms with Crippen LogP contribution in [0.4, 0.5) is 4.39 Å². The summed E-state index contributed by atoms with van der Waals surface area (Å²) in [6.45, 7) is 0.404. The van der Waals surface area contributed by atoms with E-state index in [-0.39, 0.29) is 6.04 Å². The van der Waals surface area contributed by atoms with E-state index in [2.05, 4.69) is 23.2 Å². The number of imidazole rings is 1. The molecule has 3 nitrogen and oxygen atoms in total. The Morgan fingerprint density at radius 3 is 3.10 bits per heavy atom. The van der Waals surface area contributed by atoms with Crippen LogP contribution in [0, 0.1) is 0 Å². The number of nitrogens with two attached hydrogens (primary N) is 1. The van der Waals surface area contributed by atoms with Crippen LogP contribution in [0.5, 0.6) is 0 Å². The molecule has 0 fully saturated rings. The number of thiophene rings is 1. The first-order valence-electron chi connectivity index (χ1n) is 6.64. The lowest BCUT2D eigenvalue weighted by molar-refractivity contribution is 0.328. The van der Waals surface area contributed by atoms with Crippen molar-refractivity contribution in [3.8, 4) is 0 Å². The lowest BCUT2D eigenvalue weighted by Crippen LogP contribution is -2.13. The number of benzene rings is 1. The Hall–Kier alpha value is -1.72. The number of fused-ring (bicyclic) bond motifs is 2. The molecule has 0 radical (unpaired) electrons. The van der Waals surface area contributed by atoms with Crippen LogP contribution in [0.3, 0.4) is 0 Å². The van der Waals surface area contributed by atoms with Gasteiger partial charge in [0.15, 0.2) is 0 Å². The monoisotopic (exact) mass is 287 g/mol. The number of nitrogens with zero attached hydrogens (tertiary/aromatic N) is 2. The summed E-state index contributed by atoms with van der Waals surface area (Å²) < 4.78 is 16.6. The molecule has 0 saturated carbocycles. The van der Waals surface area contributed by atoms with Gasteiger partial charge in [-0.15, -0.1) is 11.3 Å². The standard InChI is InChI=1S/C15H14FN3S/c16-10-6-11-15(18-8-19(11)7-10)14(17)13-5-9-3-1-2-4-12(9)20-13/h1-5,8,10,14H,6-7,17H2/t10-,14?/m1/s1. The zero-order valence-electron chi connectivity index (χ0n) is 10.8. The molecule has 2 N–H and O–H groups in total. The van der Waals surface area contributed by atoms with Crippen LogP contribution in [0.15, 0.2) is 36.7 Å². The summed E-state index contributed by atoms with van der Waals surface area (Å²) in [4.78, 5) is 5.48. The van der Waals surface area contributed by atoms with Crippen LogP contribution in [0.2, 0.25) is 0 Å². The number of halogens is 1. The molecule has 3 aromatic rings. The molecule has 2 aromatic heterocycles. The van der Waals surface area contributed by atoms with E-state index < -0.39 is 6.17 Å². The van der Waals surface area contributed by atoms with Crippen molar-refractivity contribution < 1.29 is 4.39 Å². The van der Waals surface area contributed by atoms with E-state index in [0.717, 1.165) is 16.3 Å². The van der Waals surface area contributed by atoms with Gasteiger partial charge < -0.3 is 10.3 Å². The highest BCUT2D eigenvalue weighted by atomic mass is 32.1. The van der Waals surface area contributed by atoms with E-state index in [0.29, 0.717) is 13.0 Å². The highest BCUT2D eigenvalue weighted by Crippen LogP contribution is 2.34. The predicted molar refractivity (Wildman–Crippen MR) is 78.7 cm³/mol. The van der Waals surface area contributed by atoms with Crippen LogP contribution < -0.4 is 5.73 Å². The maximum absolute atomic E-state index is 13.5. The van der Waals surface area contributed by atoms with Crippen molar-refractivity contribution in [2.24, 2.45) is 5.73 Å². The topological polar surface area (TPSA) is 43.8 Å². The van der Waals surface area contributed by atoms with Crippen molar-refractivity contribution in [1.29, 1.82) is 0 Å². The summed E-state index contributed by atoms with van der Waals surface area (Å²) in [5, 5.41) is 1.20. The fraction of sp³-hybridized carbons (Fsp3) is 0.267. The lowest BCUT2D eigenvalue weighted by Gasteiger charge is -2.08. The van der Waals surface area contributed by atoms with E-state index >= 15 is 0 Å². The van der Waals surface area contributed by atoms with E-state index in [1.54, 1.807) is 17.7 Å². The molecule has 4 rings (SSSR count). The quantitative estimate of drug-likeness (QED) is 0.787. The molecule has 1 unspecified atom stereocenters. The SMILES string of the molecule is NC(c1cc2ccccc2s1)c1ncn2c1C[C@@H](F)C2. The molecule has 102 valence electrons. The average Bonchev–Trinajstić information content (AvgIpc) is 3.10. The zero-order valence-corrected chi connectivity index (χ0v) is 11.6. The minimum absolute atomic E-state index is 0.269. The van der Waals surface area contributed by atoms with Gasteiger partial charge in [-0.05, 0) is 17.5 Å². The van der Waals surface area contributed by atoms with Gasteiger partial charge in [-0.1, -0.05) is 18.2 Å². The number of aromatic nitrogens is 2. The third-order valence-electron chi connectivity index (χ3n) is 3.83. The van der Waals surface area contributed by atoms with Crippen LogP contribution in [-0.4, -0.2) is 15.7 Å². The fourth-order valence-electron chi connectivity index (χ4n) is 2.84. The summed E-state index contributed by atoms with van der Waals surface area (Å²) in [6, 6.07) is 10.1. The summed E-state index contributed by atoms with van der Waals surface area (Å²) in [5.74, 6) is 0. The third kappa shape index (κ3) is 1.77. The molecule has 1 aliphatic rings. The number of hydrogen-bond acceptors (Lipinski definition) is 3. The van der Waals surface area contributed by atoms with E-state index in [1.807, 2.05) is 16.7 Å². The van der Waals surface area contributed by atoms with Gasteiger partial charge in [0.2, 0.25) is 0 Å². The molecule has 0 saturated heterocycles. The largest absolute Gasteiger partial charge is 0.331 e. The van der Waals surface area contributed by atoms with Crippen molar-refractivity contribution in [3.05, 3.63) is 52.9 Å². The summed E-state index contributed by atoms with van der Waals surface area (Å²) >= 11 is 1.68. The fourth-order valence-corrected chi connectivity index (χ4v) is 3.91. The molecule has 0 aliphatic carbocycles. The Bertz CT molecular complexity index is 743. The summed E-state index contributed by atoms with van der Waals surface area (Å²) in [6.07, 6.45) is 1.33. The summed E-state index contributed by atoms with van der Waals surface area (Å²) in [7, 11) is 0. The smallest absolute Gasteiger partial charge is 0.123 e. The van der Waals surface area contributed by atoms with Crippen molar-refractivity contribution in [2.45, 2.75) is 25.2 Å². The minimum atomic E-state index is -0.804. The molecule has 20 heavy (non-hydrogen) atoms. The van der Waals surface area contributed by atoms with Crippen LogP contribution in [-0.2, 0) is 13.0 Å². The molecule has 5 heteroatoms. The van der Waals surface area contributed by atoms with Crippen molar-refractivity contribution in [1.82, 2.24) is 9.55 Å². The van der Waals surface area contributed by atoms with Gasteiger partial charge in [0.1, 0.15) is 6.17 Å². The highest BCUT2D eigenvalue weighted by Gasteiger charge is 2.28. The maximum Gasteiger partial charge on any atom is 0.123 e. The molecule has 0 bridgehead atoms. The van der Waals surface area contributed by atoms with Gasteiger partial charge >= 0.3 is 0 Å². The predicted octanol–water partition coefficient (Wildman–Crippen LogP) is 3.04.